The van der Waals surface area contributed by atoms with Gasteiger partial charge in [-0.25, -0.2) is 4.79 Å². The molecule has 136 valence electrons. The van der Waals surface area contributed by atoms with Crippen molar-refractivity contribution < 1.29 is 19.1 Å². The van der Waals surface area contributed by atoms with E-state index in [-0.39, 0.29) is 19.1 Å². The van der Waals surface area contributed by atoms with Gasteiger partial charge in [-0.1, -0.05) is 36.4 Å². The van der Waals surface area contributed by atoms with Crippen molar-refractivity contribution in [1.29, 1.82) is 0 Å². The van der Waals surface area contributed by atoms with Gasteiger partial charge in [-0.15, -0.1) is 0 Å². The first-order chi connectivity index (χ1) is 12.5. The van der Waals surface area contributed by atoms with Gasteiger partial charge in [-0.05, 0) is 48.6 Å². The summed E-state index contributed by atoms with van der Waals surface area (Å²) in [7, 11) is 0. The van der Waals surface area contributed by atoms with Crippen LogP contribution in [0.5, 0.6) is 5.75 Å². The van der Waals surface area contributed by atoms with Crippen molar-refractivity contribution >= 4 is 11.9 Å². The lowest BCUT2D eigenvalue weighted by Gasteiger charge is -2.28. The van der Waals surface area contributed by atoms with Crippen molar-refractivity contribution in [3.05, 3.63) is 64.7 Å². The fraction of sp³-hybridized carbons (Fsp3) is 0.333. The number of amides is 1. The number of ether oxygens (including phenoxy) is 2. The van der Waals surface area contributed by atoms with E-state index in [2.05, 4.69) is 6.07 Å². The minimum atomic E-state index is -0.545. The fourth-order valence-electron chi connectivity index (χ4n) is 3.00. The van der Waals surface area contributed by atoms with Crippen LogP contribution in [0.3, 0.4) is 0 Å². The largest absolute Gasteiger partial charge is 0.482 e. The molecule has 0 spiro atoms. The van der Waals surface area contributed by atoms with Crippen LogP contribution in [0.1, 0.15) is 22.3 Å². The number of hydrogen-bond donors (Lipinski definition) is 0. The van der Waals surface area contributed by atoms with Crippen molar-refractivity contribution in [3.8, 4) is 5.75 Å². The first-order valence-corrected chi connectivity index (χ1v) is 8.74. The molecule has 0 saturated heterocycles. The summed E-state index contributed by atoms with van der Waals surface area (Å²) in [6.07, 6.45) is 0.825. The molecule has 0 radical (unpaired) electrons. The number of hydrogen-bond acceptors (Lipinski definition) is 4. The summed E-state index contributed by atoms with van der Waals surface area (Å²) in [6, 6.07) is 13.8. The van der Waals surface area contributed by atoms with Crippen molar-refractivity contribution in [2.75, 3.05) is 19.8 Å². The van der Waals surface area contributed by atoms with Crippen molar-refractivity contribution in [1.82, 2.24) is 4.90 Å². The summed E-state index contributed by atoms with van der Waals surface area (Å²) in [5.41, 5.74) is 4.51. The molecule has 1 aliphatic rings. The molecule has 1 heterocycles. The summed E-state index contributed by atoms with van der Waals surface area (Å²) >= 11 is 0. The Hall–Kier alpha value is -2.82. The van der Waals surface area contributed by atoms with E-state index in [4.69, 9.17) is 9.47 Å². The van der Waals surface area contributed by atoms with E-state index in [1.807, 2.05) is 50.2 Å². The highest BCUT2D eigenvalue weighted by atomic mass is 16.6. The number of fused-ring (bicyclic) bond motifs is 1. The van der Waals surface area contributed by atoms with Gasteiger partial charge in [0.25, 0.3) is 5.91 Å². The predicted molar refractivity (Wildman–Crippen MR) is 97.9 cm³/mol. The number of benzene rings is 2. The normalized spacial score (nSPS) is 13.1. The highest BCUT2D eigenvalue weighted by Crippen LogP contribution is 2.20. The van der Waals surface area contributed by atoms with Crippen molar-refractivity contribution in [2.45, 2.75) is 26.8 Å². The highest BCUT2D eigenvalue weighted by molar-refractivity contribution is 5.81. The molecule has 0 aromatic heterocycles. The zero-order chi connectivity index (χ0) is 18.5. The molecule has 1 aliphatic heterocycles. The van der Waals surface area contributed by atoms with Gasteiger partial charge in [0.15, 0.2) is 13.2 Å². The molecule has 0 fully saturated rings. The molecule has 5 nitrogen and oxygen atoms in total. The summed E-state index contributed by atoms with van der Waals surface area (Å²) < 4.78 is 10.6. The number of aryl methyl sites for hydroxylation is 1. The molecule has 0 N–H and O–H groups in total. The van der Waals surface area contributed by atoms with Crippen molar-refractivity contribution in [2.24, 2.45) is 0 Å². The molecule has 0 aliphatic carbocycles. The van der Waals surface area contributed by atoms with Crippen LogP contribution < -0.4 is 4.74 Å². The van der Waals surface area contributed by atoms with Crippen LogP contribution in [0.4, 0.5) is 0 Å². The van der Waals surface area contributed by atoms with E-state index in [1.165, 1.54) is 5.56 Å². The summed E-state index contributed by atoms with van der Waals surface area (Å²) in [4.78, 5) is 25.9. The van der Waals surface area contributed by atoms with Crippen LogP contribution in [0, 0.1) is 13.8 Å². The number of rotatable bonds is 5. The fourth-order valence-corrected chi connectivity index (χ4v) is 3.00. The Bertz CT molecular complexity index is 815. The number of carbonyl (C=O) groups is 2. The number of carbonyl (C=O) groups excluding carboxylic acids is 2. The van der Waals surface area contributed by atoms with Gasteiger partial charge in [0.2, 0.25) is 0 Å². The van der Waals surface area contributed by atoms with Crippen LogP contribution in [0.25, 0.3) is 0 Å². The van der Waals surface area contributed by atoms with Gasteiger partial charge in [0, 0.05) is 13.1 Å². The van der Waals surface area contributed by atoms with Gasteiger partial charge < -0.3 is 14.4 Å². The third-order valence-corrected chi connectivity index (χ3v) is 4.74. The molecule has 0 unspecified atom stereocenters. The molecular formula is C21H23NO4. The summed E-state index contributed by atoms with van der Waals surface area (Å²) in [5, 5.41) is 0. The van der Waals surface area contributed by atoms with Crippen LogP contribution in [0.2, 0.25) is 0 Å². The quantitative estimate of drug-likeness (QED) is 0.776. The van der Waals surface area contributed by atoms with Gasteiger partial charge in [-0.2, -0.15) is 0 Å². The lowest BCUT2D eigenvalue weighted by atomic mass is 10.00. The average molecular weight is 353 g/mol. The predicted octanol–water partition coefficient (Wildman–Crippen LogP) is 2.81. The summed E-state index contributed by atoms with van der Waals surface area (Å²) in [6.45, 7) is 4.67. The third-order valence-electron chi connectivity index (χ3n) is 4.74. The smallest absolute Gasteiger partial charge is 0.344 e. The van der Waals surface area contributed by atoms with E-state index >= 15 is 0 Å². The molecule has 26 heavy (non-hydrogen) atoms. The van der Waals surface area contributed by atoms with E-state index in [1.54, 1.807) is 4.90 Å². The van der Waals surface area contributed by atoms with Crippen LogP contribution >= 0.6 is 0 Å². The molecule has 0 saturated carbocycles. The van der Waals surface area contributed by atoms with E-state index in [0.29, 0.717) is 18.8 Å². The van der Waals surface area contributed by atoms with E-state index in [9.17, 15) is 9.59 Å². The maximum Gasteiger partial charge on any atom is 0.344 e. The monoisotopic (exact) mass is 353 g/mol. The molecular weight excluding hydrogens is 330 g/mol. The zero-order valence-corrected chi connectivity index (χ0v) is 15.2. The van der Waals surface area contributed by atoms with E-state index in [0.717, 1.165) is 23.1 Å². The molecule has 0 atom stereocenters. The average Bonchev–Trinajstić information content (AvgIpc) is 2.66. The number of nitrogens with zero attached hydrogens (tertiary/aromatic N) is 1. The lowest BCUT2D eigenvalue weighted by molar-refractivity contribution is -0.154. The lowest BCUT2D eigenvalue weighted by Crippen LogP contribution is -2.38. The second kappa shape index (κ2) is 8.04. The van der Waals surface area contributed by atoms with Crippen molar-refractivity contribution in [3.63, 3.8) is 0 Å². The first kappa shape index (κ1) is 18.0. The Morgan fingerprint density at radius 2 is 1.77 bits per heavy atom. The summed E-state index contributed by atoms with van der Waals surface area (Å²) in [5.74, 6) is -0.0721. The third kappa shape index (κ3) is 4.23. The molecule has 3 rings (SSSR count). The SMILES string of the molecule is Cc1cccc(OCC(=O)OCC(=O)N2CCc3ccccc3C2)c1C. The molecule has 1 amide bonds. The topological polar surface area (TPSA) is 55.8 Å². The van der Waals surface area contributed by atoms with Crippen LogP contribution in [-0.2, 0) is 27.3 Å². The van der Waals surface area contributed by atoms with E-state index < -0.39 is 5.97 Å². The highest BCUT2D eigenvalue weighted by Gasteiger charge is 2.21. The zero-order valence-electron chi connectivity index (χ0n) is 15.2. The second-order valence-electron chi connectivity index (χ2n) is 6.48. The molecule has 0 bridgehead atoms. The maximum atomic E-state index is 12.3. The first-order valence-electron chi connectivity index (χ1n) is 8.74. The molecule has 5 heteroatoms. The number of esters is 1. The second-order valence-corrected chi connectivity index (χ2v) is 6.48. The standard InChI is InChI=1S/C21H23NO4/c1-15-6-5-9-19(16(15)2)25-14-21(24)26-13-20(23)22-11-10-17-7-3-4-8-18(17)12-22/h3-9H,10-14H2,1-2H3. The van der Waals surface area contributed by atoms with Crippen LogP contribution in [0.15, 0.2) is 42.5 Å². The van der Waals surface area contributed by atoms with Gasteiger partial charge in [0.05, 0.1) is 0 Å². The van der Waals surface area contributed by atoms with Crippen LogP contribution in [-0.4, -0.2) is 36.5 Å². The van der Waals surface area contributed by atoms with Gasteiger partial charge >= 0.3 is 5.97 Å². The maximum absolute atomic E-state index is 12.3. The Morgan fingerprint density at radius 1 is 1.00 bits per heavy atom. The Kier molecular flexibility index (Phi) is 5.56. The Labute approximate surface area is 153 Å². The Morgan fingerprint density at radius 3 is 2.58 bits per heavy atom. The molecule has 2 aromatic rings. The van der Waals surface area contributed by atoms with Gasteiger partial charge in [0.1, 0.15) is 5.75 Å². The van der Waals surface area contributed by atoms with Gasteiger partial charge in [-0.3, -0.25) is 4.79 Å². The minimum Gasteiger partial charge on any atom is -0.482 e. The molecule has 2 aromatic carbocycles. The minimum absolute atomic E-state index is 0.181. The Balaban J connectivity index is 1.46.